The van der Waals surface area contributed by atoms with Crippen molar-refractivity contribution >= 4 is 21.8 Å². The van der Waals surface area contributed by atoms with Gasteiger partial charge in [0.25, 0.3) is 0 Å². The van der Waals surface area contributed by atoms with Crippen LogP contribution < -0.4 is 4.74 Å². The number of para-hydroxylation sites is 2. The number of hydrogen-bond donors (Lipinski definition) is 1. The second-order valence-electron chi connectivity index (χ2n) is 7.31. The molecular weight excluding hydrogens is 336 g/mol. The lowest BCUT2D eigenvalue weighted by Gasteiger charge is -2.19. The molecule has 0 saturated heterocycles. The molecule has 0 aliphatic rings. The minimum Gasteiger partial charge on any atom is -0.493 e. The highest BCUT2D eigenvalue weighted by molar-refractivity contribution is 5.88. The summed E-state index contributed by atoms with van der Waals surface area (Å²) in [6.07, 6.45) is 0.826. The first kappa shape index (κ1) is 17.6. The normalized spacial score (nSPS) is 12.0. The Morgan fingerprint density at radius 3 is 2.56 bits per heavy atom. The second-order valence-corrected chi connectivity index (χ2v) is 7.31. The molecule has 0 aliphatic carbocycles. The van der Waals surface area contributed by atoms with Gasteiger partial charge in [-0.2, -0.15) is 0 Å². The van der Waals surface area contributed by atoms with Gasteiger partial charge in [0.1, 0.15) is 17.2 Å². The fraction of sp³-hybridized carbons (Fsp3) is 0.261. The Bertz CT molecular complexity index is 1070. The molecule has 0 spiro atoms. The molecule has 138 valence electrons. The fourth-order valence-electron chi connectivity index (χ4n) is 3.50. The SMILES string of the molecule is CC(C)(O)c1nc2ccccc2n1CCCOc1cccc2ccccc12. The van der Waals surface area contributed by atoms with Gasteiger partial charge in [0.2, 0.25) is 0 Å². The van der Waals surface area contributed by atoms with Crippen molar-refractivity contribution in [2.75, 3.05) is 6.61 Å². The molecule has 0 fully saturated rings. The van der Waals surface area contributed by atoms with Crippen LogP contribution >= 0.6 is 0 Å². The number of ether oxygens (including phenoxy) is 1. The van der Waals surface area contributed by atoms with E-state index >= 15 is 0 Å². The van der Waals surface area contributed by atoms with E-state index in [0.717, 1.165) is 35.1 Å². The molecule has 1 heterocycles. The van der Waals surface area contributed by atoms with Gasteiger partial charge in [-0.1, -0.05) is 48.5 Å². The Kier molecular flexibility index (Phi) is 4.58. The van der Waals surface area contributed by atoms with Crippen LogP contribution in [0.25, 0.3) is 21.8 Å². The lowest BCUT2D eigenvalue weighted by molar-refractivity contribution is 0.0649. The Labute approximate surface area is 159 Å². The number of aliphatic hydroxyl groups is 1. The molecular formula is C23H24N2O2. The zero-order chi connectivity index (χ0) is 18.9. The summed E-state index contributed by atoms with van der Waals surface area (Å²) >= 11 is 0. The summed E-state index contributed by atoms with van der Waals surface area (Å²) in [5.74, 6) is 1.60. The standard InChI is InChI=1S/C23H24N2O2/c1-23(2,26)22-24-19-12-5-6-13-20(19)25(22)15-8-16-27-21-14-7-10-17-9-3-4-11-18(17)21/h3-7,9-14,26H,8,15-16H2,1-2H3. The molecule has 1 N–H and O–H groups in total. The summed E-state index contributed by atoms with van der Waals surface area (Å²) in [5.41, 5.74) is 0.958. The van der Waals surface area contributed by atoms with Crippen LogP contribution in [0.15, 0.2) is 66.7 Å². The smallest absolute Gasteiger partial charge is 0.141 e. The van der Waals surface area contributed by atoms with Gasteiger partial charge >= 0.3 is 0 Å². The third-order valence-corrected chi connectivity index (χ3v) is 4.74. The van der Waals surface area contributed by atoms with Crippen LogP contribution in [-0.4, -0.2) is 21.3 Å². The lowest BCUT2D eigenvalue weighted by atomic mass is 10.1. The van der Waals surface area contributed by atoms with E-state index in [2.05, 4.69) is 27.8 Å². The molecule has 3 aromatic carbocycles. The minimum absolute atomic E-state index is 0.603. The summed E-state index contributed by atoms with van der Waals surface area (Å²) in [5, 5.41) is 12.8. The van der Waals surface area contributed by atoms with Crippen LogP contribution in [0.4, 0.5) is 0 Å². The molecule has 4 aromatic rings. The first-order chi connectivity index (χ1) is 13.0. The summed E-state index contributed by atoms with van der Waals surface area (Å²) in [7, 11) is 0. The molecule has 0 saturated carbocycles. The minimum atomic E-state index is -0.991. The van der Waals surface area contributed by atoms with Gasteiger partial charge in [0, 0.05) is 11.9 Å². The number of aromatic nitrogens is 2. The van der Waals surface area contributed by atoms with E-state index in [1.165, 1.54) is 5.39 Å². The summed E-state index contributed by atoms with van der Waals surface area (Å²) < 4.78 is 8.16. The van der Waals surface area contributed by atoms with Crippen molar-refractivity contribution in [3.8, 4) is 5.75 Å². The van der Waals surface area contributed by atoms with Crippen molar-refractivity contribution in [3.05, 3.63) is 72.6 Å². The van der Waals surface area contributed by atoms with Crippen molar-refractivity contribution in [2.24, 2.45) is 0 Å². The van der Waals surface area contributed by atoms with Gasteiger partial charge in [-0.3, -0.25) is 0 Å². The van der Waals surface area contributed by atoms with Crippen molar-refractivity contribution in [2.45, 2.75) is 32.4 Å². The van der Waals surface area contributed by atoms with Crippen molar-refractivity contribution in [3.63, 3.8) is 0 Å². The summed E-state index contributed by atoms with van der Waals surface area (Å²) in [6, 6.07) is 22.4. The van der Waals surface area contributed by atoms with Gasteiger partial charge in [0.05, 0.1) is 17.6 Å². The Hall–Kier alpha value is -2.85. The zero-order valence-corrected chi connectivity index (χ0v) is 15.7. The zero-order valence-electron chi connectivity index (χ0n) is 15.7. The third-order valence-electron chi connectivity index (χ3n) is 4.74. The monoisotopic (exact) mass is 360 g/mol. The maximum Gasteiger partial charge on any atom is 0.141 e. The summed E-state index contributed by atoms with van der Waals surface area (Å²) in [6.45, 7) is 4.89. The molecule has 4 nitrogen and oxygen atoms in total. The Balaban J connectivity index is 1.51. The number of nitrogens with zero attached hydrogens (tertiary/aromatic N) is 2. The number of hydrogen-bond acceptors (Lipinski definition) is 3. The average Bonchev–Trinajstić information content (AvgIpc) is 3.04. The highest BCUT2D eigenvalue weighted by atomic mass is 16.5. The summed E-state index contributed by atoms with van der Waals surface area (Å²) in [4.78, 5) is 4.63. The third kappa shape index (κ3) is 3.53. The lowest BCUT2D eigenvalue weighted by Crippen LogP contribution is -2.22. The molecule has 0 bridgehead atoms. The molecule has 0 radical (unpaired) electrons. The van der Waals surface area contributed by atoms with E-state index in [-0.39, 0.29) is 0 Å². The predicted molar refractivity (Wildman–Crippen MR) is 109 cm³/mol. The molecule has 0 aliphatic heterocycles. The molecule has 0 unspecified atom stereocenters. The van der Waals surface area contributed by atoms with Gasteiger partial charge in [-0.25, -0.2) is 4.98 Å². The van der Waals surface area contributed by atoms with Crippen molar-refractivity contribution < 1.29 is 9.84 Å². The van der Waals surface area contributed by atoms with Gasteiger partial charge in [0.15, 0.2) is 0 Å². The fourth-order valence-corrected chi connectivity index (χ4v) is 3.50. The van der Waals surface area contributed by atoms with Crippen LogP contribution in [0.1, 0.15) is 26.1 Å². The van der Waals surface area contributed by atoms with Crippen LogP contribution in [0.3, 0.4) is 0 Å². The first-order valence-corrected chi connectivity index (χ1v) is 9.33. The average molecular weight is 360 g/mol. The van der Waals surface area contributed by atoms with Crippen molar-refractivity contribution in [1.82, 2.24) is 9.55 Å². The van der Waals surface area contributed by atoms with E-state index < -0.39 is 5.60 Å². The maximum atomic E-state index is 10.5. The second kappa shape index (κ2) is 7.05. The largest absolute Gasteiger partial charge is 0.493 e. The number of fused-ring (bicyclic) bond motifs is 2. The molecule has 27 heavy (non-hydrogen) atoms. The highest BCUT2D eigenvalue weighted by Gasteiger charge is 2.24. The Morgan fingerprint density at radius 2 is 1.70 bits per heavy atom. The predicted octanol–water partition coefficient (Wildman–Crippen LogP) is 4.89. The number of rotatable bonds is 6. The van der Waals surface area contributed by atoms with Gasteiger partial charge in [-0.05, 0) is 43.9 Å². The number of aryl methyl sites for hydroxylation is 1. The van der Waals surface area contributed by atoms with Crippen LogP contribution in [0.5, 0.6) is 5.75 Å². The van der Waals surface area contributed by atoms with E-state index in [1.807, 2.05) is 48.5 Å². The first-order valence-electron chi connectivity index (χ1n) is 9.33. The van der Waals surface area contributed by atoms with E-state index in [9.17, 15) is 5.11 Å². The van der Waals surface area contributed by atoms with Gasteiger partial charge in [-0.15, -0.1) is 0 Å². The van der Waals surface area contributed by atoms with Crippen LogP contribution in [0, 0.1) is 0 Å². The number of benzene rings is 3. The molecule has 1 aromatic heterocycles. The highest BCUT2D eigenvalue weighted by Crippen LogP contribution is 2.27. The van der Waals surface area contributed by atoms with E-state index in [0.29, 0.717) is 12.4 Å². The molecule has 0 atom stereocenters. The van der Waals surface area contributed by atoms with E-state index in [1.54, 1.807) is 13.8 Å². The molecule has 0 amide bonds. The van der Waals surface area contributed by atoms with Gasteiger partial charge < -0.3 is 14.4 Å². The van der Waals surface area contributed by atoms with Crippen molar-refractivity contribution in [1.29, 1.82) is 0 Å². The topological polar surface area (TPSA) is 47.3 Å². The molecule has 4 rings (SSSR count). The molecule has 4 heteroatoms. The number of imidazole rings is 1. The Morgan fingerprint density at radius 1 is 0.963 bits per heavy atom. The quantitative estimate of drug-likeness (QED) is 0.498. The van der Waals surface area contributed by atoms with Crippen LogP contribution in [0.2, 0.25) is 0 Å². The van der Waals surface area contributed by atoms with Crippen LogP contribution in [-0.2, 0) is 12.1 Å². The van der Waals surface area contributed by atoms with E-state index in [4.69, 9.17) is 4.74 Å². The maximum absolute atomic E-state index is 10.5.